The van der Waals surface area contributed by atoms with Crippen molar-refractivity contribution in [2.24, 2.45) is 0 Å². The van der Waals surface area contributed by atoms with Gasteiger partial charge in [-0.25, -0.2) is 4.98 Å². The number of fused-ring (bicyclic) bond motifs is 1. The first-order valence-corrected chi connectivity index (χ1v) is 8.69. The molecule has 0 aliphatic carbocycles. The summed E-state index contributed by atoms with van der Waals surface area (Å²) in [4.78, 5) is 6.40. The van der Waals surface area contributed by atoms with E-state index in [-0.39, 0.29) is 11.6 Å². The molecule has 0 bridgehead atoms. The van der Waals surface area contributed by atoms with E-state index in [2.05, 4.69) is 30.5 Å². The topological polar surface area (TPSA) is 87.9 Å². The van der Waals surface area contributed by atoms with Gasteiger partial charge in [0.2, 0.25) is 0 Å². The summed E-state index contributed by atoms with van der Waals surface area (Å²) in [7, 11) is 0. The molecule has 1 aliphatic heterocycles. The highest BCUT2D eigenvalue weighted by molar-refractivity contribution is 5.59. The average molecular weight is 380 g/mol. The SMILES string of the molecule is Cc1nc([C@@H]2CCCN(c3nn4c(C(F)(F)F)nnc4c(C)c3C)C2)n[nH]1. The minimum absolute atomic E-state index is 0.101. The molecule has 0 radical (unpaired) electrons. The molecule has 1 N–H and O–H groups in total. The summed E-state index contributed by atoms with van der Waals surface area (Å²) in [5, 5.41) is 18.3. The Labute approximate surface area is 152 Å². The zero-order chi connectivity index (χ0) is 19.3. The predicted molar refractivity (Wildman–Crippen MR) is 90.6 cm³/mol. The van der Waals surface area contributed by atoms with Gasteiger partial charge in [-0.15, -0.1) is 15.3 Å². The summed E-state index contributed by atoms with van der Waals surface area (Å²) in [6.07, 6.45) is -2.81. The van der Waals surface area contributed by atoms with E-state index < -0.39 is 12.0 Å². The highest BCUT2D eigenvalue weighted by Crippen LogP contribution is 2.33. The van der Waals surface area contributed by atoms with Gasteiger partial charge in [0.15, 0.2) is 17.3 Å². The van der Waals surface area contributed by atoms with Crippen LogP contribution in [0, 0.1) is 20.8 Å². The Balaban J connectivity index is 1.75. The van der Waals surface area contributed by atoms with Crippen molar-refractivity contribution in [2.75, 3.05) is 18.0 Å². The second-order valence-electron chi connectivity index (χ2n) is 6.89. The van der Waals surface area contributed by atoms with Crippen LogP contribution in [0.15, 0.2) is 0 Å². The number of piperidine rings is 1. The number of nitrogens with one attached hydrogen (secondary N) is 1. The highest BCUT2D eigenvalue weighted by Gasteiger charge is 2.38. The quantitative estimate of drug-likeness (QED) is 0.735. The normalized spacial score (nSPS) is 18.4. The van der Waals surface area contributed by atoms with Crippen LogP contribution in [0.5, 0.6) is 0 Å². The summed E-state index contributed by atoms with van der Waals surface area (Å²) in [6, 6.07) is 0. The van der Waals surface area contributed by atoms with Gasteiger partial charge in [0, 0.05) is 30.1 Å². The molecule has 0 amide bonds. The lowest BCUT2D eigenvalue weighted by Gasteiger charge is -2.33. The lowest BCUT2D eigenvalue weighted by molar-refractivity contribution is -0.146. The maximum Gasteiger partial charge on any atom is 0.453 e. The molecule has 8 nitrogen and oxygen atoms in total. The van der Waals surface area contributed by atoms with Crippen molar-refractivity contribution in [3.63, 3.8) is 0 Å². The van der Waals surface area contributed by atoms with E-state index in [9.17, 15) is 13.2 Å². The molecule has 1 fully saturated rings. The molecule has 1 atom stereocenters. The molecule has 4 heterocycles. The van der Waals surface area contributed by atoms with Gasteiger partial charge in [0.25, 0.3) is 5.82 Å². The summed E-state index contributed by atoms with van der Waals surface area (Å²) in [5.41, 5.74) is 1.57. The molecule has 27 heavy (non-hydrogen) atoms. The smallest absolute Gasteiger partial charge is 0.354 e. The van der Waals surface area contributed by atoms with Gasteiger partial charge in [0.1, 0.15) is 5.82 Å². The fraction of sp³-hybridized carbons (Fsp3) is 0.562. The average Bonchev–Trinajstić information content (AvgIpc) is 3.24. The van der Waals surface area contributed by atoms with E-state index >= 15 is 0 Å². The van der Waals surface area contributed by atoms with Crippen molar-refractivity contribution in [1.29, 1.82) is 0 Å². The monoisotopic (exact) mass is 380 g/mol. The van der Waals surface area contributed by atoms with E-state index in [0.717, 1.165) is 34.6 Å². The predicted octanol–water partition coefficient (Wildman–Crippen LogP) is 2.57. The number of nitrogens with zero attached hydrogens (tertiary/aromatic N) is 7. The van der Waals surface area contributed by atoms with Crippen LogP contribution >= 0.6 is 0 Å². The Kier molecular flexibility index (Phi) is 4.04. The standard InChI is InChI=1S/C16H19F3N8/c1-8-9(2)14(25-27-13(8)23-24-15(27)16(17,18)19)26-6-4-5-11(7-26)12-20-10(3)21-22-12/h11H,4-7H2,1-3H3,(H,20,21,22)/t11-/m1/s1. The number of halogens is 3. The number of aromatic nitrogens is 7. The Morgan fingerprint density at radius 1 is 1.11 bits per heavy atom. The van der Waals surface area contributed by atoms with Gasteiger partial charge < -0.3 is 4.90 Å². The van der Waals surface area contributed by atoms with E-state index in [4.69, 9.17) is 0 Å². The fourth-order valence-electron chi connectivity index (χ4n) is 3.51. The van der Waals surface area contributed by atoms with Gasteiger partial charge in [-0.2, -0.15) is 22.8 Å². The molecule has 0 saturated carbocycles. The maximum atomic E-state index is 13.2. The molecule has 1 aliphatic rings. The number of alkyl halides is 3. The molecule has 4 rings (SSSR count). The van der Waals surface area contributed by atoms with Crippen LogP contribution in [-0.4, -0.2) is 48.1 Å². The molecular weight excluding hydrogens is 361 g/mol. The Bertz CT molecular complexity index is 990. The van der Waals surface area contributed by atoms with Gasteiger partial charge >= 0.3 is 6.18 Å². The van der Waals surface area contributed by atoms with Gasteiger partial charge in [0.05, 0.1) is 0 Å². The lowest BCUT2D eigenvalue weighted by Crippen LogP contribution is -2.36. The Hall–Kier alpha value is -2.72. The first-order valence-electron chi connectivity index (χ1n) is 8.69. The van der Waals surface area contributed by atoms with E-state index in [1.165, 1.54) is 0 Å². The van der Waals surface area contributed by atoms with Gasteiger partial charge in [-0.1, -0.05) is 0 Å². The van der Waals surface area contributed by atoms with Crippen LogP contribution in [0.2, 0.25) is 0 Å². The molecule has 3 aromatic heterocycles. The third kappa shape index (κ3) is 3.00. The number of anilines is 1. The zero-order valence-electron chi connectivity index (χ0n) is 15.2. The summed E-state index contributed by atoms with van der Waals surface area (Å²) >= 11 is 0. The summed E-state index contributed by atoms with van der Waals surface area (Å²) in [6.45, 7) is 6.73. The van der Waals surface area contributed by atoms with Crippen LogP contribution < -0.4 is 4.90 Å². The number of aromatic amines is 1. The van der Waals surface area contributed by atoms with Crippen molar-refractivity contribution in [3.05, 3.63) is 28.6 Å². The first-order chi connectivity index (χ1) is 12.8. The molecule has 3 aromatic rings. The third-order valence-corrected chi connectivity index (χ3v) is 5.02. The minimum Gasteiger partial charge on any atom is -0.354 e. The molecular formula is C16H19F3N8. The molecule has 0 unspecified atom stereocenters. The van der Waals surface area contributed by atoms with Crippen molar-refractivity contribution in [3.8, 4) is 0 Å². The van der Waals surface area contributed by atoms with Crippen LogP contribution in [-0.2, 0) is 6.18 Å². The number of rotatable bonds is 2. The molecule has 0 spiro atoms. The number of hydrogen-bond donors (Lipinski definition) is 1. The molecule has 11 heteroatoms. The fourth-order valence-corrected chi connectivity index (χ4v) is 3.51. The van der Waals surface area contributed by atoms with Gasteiger partial charge in [-0.3, -0.25) is 5.10 Å². The second-order valence-corrected chi connectivity index (χ2v) is 6.89. The number of aryl methyl sites for hydroxylation is 2. The second kappa shape index (κ2) is 6.17. The number of hydrogen-bond acceptors (Lipinski definition) is 6. The first kappa shape index (κ1) is 17.7. The van der Waals surface area contributed by atoms with Crippen LogP contribution in [0.25, 0.3) is 5.65 Å². The van der Waals surface area contributed by atoms with Crippen LogP contribution in [0.1, 0.15) is 47.4 Å². The van der Waals surface area contributed by atoms with E-state index in [1.54, 1.807) is 6.92 Å². The van der Waals surface area contributed by atoms with E-state index in [0.29, 0.717) is 24.5 Å². The van der Waals surface area contributed by atoms with E-state index in [1.807, 2.05) is 18.7 Å². The van der Waals surface area contributed by atoms with Crippen molar-refractivity contribution in [2.45, 2.75) is 45.7 Å². The van der Waals surface area contributed by atoms with Crippen molar-refractivity contribution >= 4 is 11.5 Å². The Morgan fingerprint density at radius 3 is 2.56 bits per heavy atom. The molecule has 1 saturated heterocycles. The third-order valence-electron chi connectivity index (χ3n) is 5.02. The van der Waals surface area contributed by atoms with Crippen molar-refractivity contribution in [1.82, 2.24) is 35.0 Å². The molecule has 0 aromatic carbocycles. The van der Waals surface area contributed by atoms with Crippen LogP contribution in [0.3, 0.4) is 0 Å². The summed E-state index contributed by atoms with van der Waals surface area (Å²) < 4.78 is 40.5. The lowest BCUT2D eigenvalue weighted by atomic mass is 9.97. The molecule has 144 valence electrons. The zero-order valence-corrected chi connectivity index (χ0v) is 15.2. The summed E-state index contributed by atoms with van der Waals surface area (Å²) in [5.74, 6) is 0.979. The Morgan fingerprint density at radius 2 is 1.89 bits per heavy atom. The largest absolute Gasteiger partial charge is 0.453 e. The van der Waals surface area contributed by atoms with Crippen LogP contribution in [0.4, 0.5) is 19.0 Å². The van der Waals surface area contributed by atoms with Gasteiger partial charge in [-0.05, 0) is 33.6 Å². The highest BCUT2D eigenvalue weighted by atomic mass is 19.4. The maximum absolute atomic E-state index is 13.2. The van der Waals surface area contributed by atoms with Crippen molar-refractivity contribution < 1.29 is 13.2 Å². The minimum atomic E-state index is -4.62. The number of H-pyrrole nitrogens is 1.